The van der Waals surface area contributed by atoms with Crippen LogP contribution in [0.5, 0.6) is 0 Å². The Bertz CT molecular complexity index is 996. The summed E-state index contributed by atoms with van der Waals surface area (Å²) in [7, 11) is -1.92. The molecule has 0 amide bonds. The fourth-order valence-electron chi connectivity index (χ4n) is 2.86. The first-order chi connectivity index (χ1) is 11.1. The maximum Gasteiger partial charge on any atom is 0.277 e. The van der Waals surface area contributed by atoms with Gasteiger partial charge in [-0.05, 0) is 23.8 Å². The molecule has 3 aromatic heterocycles. The van der Waals surface area contributed by atoms with Gasteiger partial charge in [0.05, 0.1) is 0 Å². The molecule has 1 aliphatic heterocycles. The van der Waals surface area contributed by atoms with Gasteiger partial charge in [-0.2, -0.15) is 4.31 Å². The van der Waals surface area contributed by atoms with Gasteiger partial charge in [0.1, 0.15) is 0 Å². The lowest BCUT2D eigenvalue weighted by atomic mass is 10.1. The van der Waals surface area contributed by atoms with Crippen LogP contribution in [-0.4, -0.2) is 38.8 Å². The Morgan fingerprint density at radius 1 is 1.22 bits per heavy atom. The van der Waals surface area contributed by atoms with Crippen LogP contribution in [0.2, 0.25) is 0 Å². The van der Waals surface area contributed by atoms with Crippen molar-refractivity contribution < 1.29 is 8.42 Å². The van der Waals surface area contributed by atoms with Crippen molar-refractivity contribution in [1.29, 1.82) is 0 Å². The van der Waals surface area contributed by atoms with Crippen molar-refractivity contribution in [1.82, 2.24) is 23.8 Å². The Morgan fingerprint density at radius 3 is 2.87 bits per heavy atom. The van der Waals surface area contributed by atoms with Crippen LogP contribution in [0.25, 0.3) is 11.0 Å². The second-order valence-corrected chi connectivity index (χ2v) is 7.39. The fraction of sp³-hybridized carbons (Fsp3) is 0.267. The second-order valence-electron chi connectivity index (χ2n) is 5.55. The number of pyridine rings is 2. The van der Waals surface area contributed by atoms with E-state index in [1.54, 1.807) is 19.4 Å². The third-order valence-corrected chi connectivity index (χ3v) is 5.90. The molecule has 0 spiro atoms. The van der Waals surface area contributed by atoms with Crippen LogP contribution >= 0.6 is 0 Å². The zero-order valence-corrected chi connectivity index (χ0v) is 13.4. The van der Waals surface area contributed by atoms with Gasteiger partial charge in [0.2, 0.25) is 5.16 Å². The molecule has 4 heterocycles. The number of sulfonamides is 1. The Kier molecular flexibility index (Phi) is 3.17. The van der Waals surface area contributed by atoms with E-state index in [4.69, 9.17) is 0 Å². The second kappa shape index (κ2) is 5.10. The summed E-state index contributed by atoms with van der Waals surface area (Å²) in [5, 5.41) is 0.985. The maximum atomic E-state index is 12.8. The highest BCUT2D eigenvalue weighted by molar-refractivity contribution is 7.88. The number of fused-ring (bicyclic) bond motifs is 2. The molecule has 23 heavy (non-hydrogen) atoms. The number of hydrogen-bond acceptors (Lipinski definition) is 5. The molecule has 0 fully saturated rings. The van der Waals surface area contributed by atoms with E-state index in [0.29, 0.717) is 25.2 Å². The number of imidazole rings is 1. The summed E-state index contributed by atoms with van der Waals surface area (Å²) < 4.78 is 28.5. The van der Waals surface area contributed by atoms with Gasteiger partial charge in [-0.1, -0.05) is 0 Å². The van der Waals surface area contributed by atoms with Gasteiger partial charge in [-0.3, -0.25) is 0 Å². The highest BCUT2D eigenvalue weighted by Gasteiger charge is 2.31. The van der Waals surface area contributed by atoms with E-state index in [2.05, 4.69) is 15.0 Å². The molecule has 0 N–H and O–H groups in total. The number of nitrogens with zero attached hydrogens (tertiary/aromatic N) is 5. The van der Waals surface area contributed by atoms with Crippen LogP contribution in [0.1, 0.15) is 11.3 Å². The van der Waals surface area contributed by atoms with E-state index < -0.39 is 10.0 Å². The highest BCUT2D eigenvalue weighted by atomic mass is 32.2. The molecule has 0 atom stereocenters. The summed E-state index contributed by atoms with van der Waals surface area (Å²) in [5.74, 6) is 0. The zero-order valence-electron chi connectivity index (χ0n) is 12.5. The van der Waals surface area contributed by atoms with E-state index in [1.807, 2.05) is 18.2 Å². The Hall–Kier alpha value is -2.32. The van der Waals surface area contributed by atoms with Crippen molar-refractivity contribution in [2.75, 3.05) is 6.54 Å². The molecule has 1 aliphatic rings. The molecule has 8 heteroatoms. The normalized spacial score (nSPS) is 15.7. The minimum absolute atomic E-state index is 0.0661. The summed E-state index contributed by atoms with van der Waals surface area (Å²) in [4.78, 5) is 12.8. The van der Waals surface area contributed by atoms with Gasteiger partial charge < -0.3 is 4.57 Å². The van der Waals surface area contributed by atoms with Crippen molar-refractivity contribution >= 4 is 21.1 Å². The molecular weight excluding hydrogens is 314 g/mol. The number of aryl methyl sites for hydroxylation is 1. The molecule has 0 unspecified atom stereocenters. The van der Waals surface area contributed by atoms with Crippen LogP contribution in [-0.2, 0) is 30.0 Å². The lowest BCUT2D eigenvalue weighted by molar-refractivity contribution is 0.382. The van der Waals surface area contributed by atoms with Crippen molar-refractivity contribution in [3.05, 3.63) is 48.0 Å². The first kappa shape index (κ1) is 14.3. The number of aromatic nitrogens is 4. The van der Waals surface area contributed by atoms with E-state index >= 15 is 0 Å². The maximum absolute atomic E-state index is 12.8. The summed E-state index contributed by atoms with van der Waals surface area (Å²) in [5.41, 5.74) is 2.55. The molecule has 0 aromatic carbocycles. The van der Waals surface area contributed by atoms with Crippen LogP contribution < -0.4 is 0 Å². The van der Waals surface area contributed by atoms with Crippen molar-refractivity contribution in [3.8, 4) is 0 Å². The SMILES string of the molecule is Cn1ccnc1S(=O)(=O)N1CCc2nc3ncccc3cc2C1. The largest absolute Gasteiger partial charge is 0.324 e. The Morgan fingerprint density at radius 2 is 2.09 bits per heavy atom. The topological polar surface area (TPSA) is 81.0 Å². The predicted molar refractivity (Wildman–Crippen MR) is 84.0 cm³/mol. The fourth-order valence-corrected chi connectivity index (χ4v) is 4.35. The average molecular weight is 329 g/mol. The van der Waals surface area contributed by atoms with Crippen LogP contribution in [0.15, 0.2) is 41.9 Å². The smallest absolute Gasteiger partial charge is 0.277 e. The van der Waals surface area contributed by atoms with Gasteiger partial charge in [0, 0.05) is 56.2 Å². The van der Waals surface area contributed by atoms with E-state index in [0.717, 1.165) is 16.6 Å². The minimum atomic E-state index is -3.60. The molecular formula is C15H15N5O2S. The van der Waals surface area contributed by atoms with Gasteiger partial charge >= 0.3 is 0 Å². The molecule has 7 nitrogen and oxygen atoms in total. The minimum Gasteiger partial charge on any atom is -0.324 e. The van der Waals surface area contributed by atoms with Gasteiger partial charge in [-0.25, -0.2) is 23.4 Å². The predicted octanol–water partition coefficient (Wildman–Crippen LogP) is 1.11. The summed E-state index contributed by atoms with van der Waals surface area (Å²) in [6.07, 6.45) is 5.41. The van der Waals surface area contributed by atoms with E-state index in [-0.39, 0.29) is 5.16 Å². The summed E-state index contributed by atoms with van der Waals surface area (Å²) >= 11 is 0. The zero-order chi connectivity index (χ0) is 16.0. The molecule has 3 aromatic rings. The lowest BCUT2D eigenvalue weighted by Gasteiger charge is -2.27. The molecule has 0 saturated heterocycles. The first-order valence-electron chi connectivity index (χ1n) is 7.27. The Labute approximate surface area is 133 Å². The molecule has 0 radical (unpaired) electrons. The van der Waals surface area contributed by atoms with Gasteiger partial charge in [0.15, 0.2) is 5.65 Å². The van der Waals surface area contributed by atoms with E-state index in [9.17, 15) is 8.42 Å². The third kappa shape index (κ3) is 2.30. The quantitative estimate of drug-likeness (QED) is 0.703. The van der Waals surface area contributed by atoms with Crippen molar-refractivity contribution in [3.63, 3.8) is 0 Å². The molecule has 0 aliphatic carbocycles. The number of hydrogen-bond donors (Lipinski definition) is 0. The summed E-state index contributed by atoms with van der Waals surface area (Å²) in [6, 6.07) is 5.76. The van der Waals surface area contributed by atoms with Crippen LogP contribution in [0, 0.1) is 0 Å². The third-order valence-electron chi connectivity index (χ3n) is 4.05. The van der Waals surface area contributed by atoms with Crippen LogP contribution in [0.4, 0.5) is 0 Å². The highest BCUT2D eigenvalue weighted by Crippen LogP contribution is 2.25. The number of rotatable bonds is 2. The average Bonchev–Trinajstić information content (AvgIpc) is 2.99. The first-order valence-corrected chi connectivity index (χ1v) is 8.71. The van der Waals surface area contributed by atoms with Gasteiger partial charge in [0.25, 0.3) is 10.0 Å². The Balaban J connectivity index is 1.74. The van der Waals surface area contributed by atoms with Crippen LogP contribution in [0.3, 0.4) is 0 Å². The lowest BCUT2D eigenvalue weighted by Crippen LogP contribution is -2.37. The molecule has 4 rings (SSSR count). The van der Waals surface area contributed by atoms with Crippen molar-refractivity contribution in [2.45, 2.75) is 18.1 Å². The van der Waals surface area contributed by atoms with Crippen molar-refractivity contribution in [2.24, 2.45) is 7.05 Å². The van der Waals surface area contributed by atoms with Gasteiger partial charge in [-0.15, -0.1) is 0 Å². The molecule has 118 valence electrons. The molecule has 0 bridgehead atoms. The van der Waals surface area contributed by atoms with E-state index in [1.165, 1.54) is 15.1 Å². The monoisotopic (exact) mass is 329 g/mol. The summed E-state index contributed by atoms with van der Waals surface area (Å²) in [6.45, 7) is 0.704. The molecule has 0 saturated carbocycles. The standard InChI is InChI=1S/C15H15N5O2S/c1-19-8-6-17-15(19)23(21,22)20-7-4-13-12(10-20)9-11-3-2-5-16-14(11)18-13/h2-3,5-6,8-9H,4,7,10H2,1H3.